The first-order chi connectivity index (χ1) is 12.0. The van der Waals surface area contributed by atoms with Crippen LogP contribution in [-0.4, -0.2) is 51.8 Å². The number of piperidine rings is 1. The predicted molar refractivity (Wildman–Crippen MR) is 92.0 cm³/mol. The summed E-state index contributed by atoms with van der Waals surface area (Å²) in [7, 11) is 0. The molecular formula is C19H24N2O4. The highest BCUT2D eigenvalue weighted by atomic mass is 16.4. The van der Waals surface area contributed by atoms with E-state index in [-0.39, 0.29) is 24.4 Å². The molecule has 2 fully saturated rings. The highest BCUT2D eigenvalue weighted by molar-refractivity contribution is 5.94. The molecule has 0 bridgehead atoms. The van der Waals surface area contributed by atoms with Crippen molar-refractivity contribution in [2.45, 2.75) is 45.2 Å². The van der Waals surface area contributed by atoms with E-state index in [0.717, 1.165) is 18.5 Å². The molecule has 2 amide bonds. The molecule has 1 N–H and O–H groups in total. The quantitative estimate of drug-likeness (QED) is 0.908. The number of hydrogen-bond acceptors (Lipinski definition) is 3. The van der Waals surface area contributed by atoms with E-state index < -0.39 is 11.9 Å². The van der Waals surface area contributed by atoms with Crippen LogP contribution in [0.3, 0.4) is 0 Å². The van der Waals surface area contributed by atoms with Crippen LogP contribution < -0.4 is 0 Å². The minimum absolute atomic E-state index is 0.0463. The first-order valence-electron chi connectivity index (χ1n) is 8.86. The van der Waals surface area contributed by atoms with Crippen molar-refractivity contribution in [1.29, 1.82) is 0 Å². The standard InChI is InChI=1S/C19H24N2O4/c1-13-4-7-16(19(24)25)12-21(13)18(23)15-8-5-14(6-9-15)11-20-10-2-3-17(20)22/h5-6,8-9,13,16H,2-4,7,10-12H2,1H3,(H,24,25). The molecule has 0 spiro atoms. The van der Waals surface area contributed by atoms with Crippen LogP contribution in [0.5, 0.6) is 0 Å². The van der Waals surface area contributed by atoms with E-state index in [0.29, 0.717) is 31.4 Å². The lowest BCUT2D eigenvalue weighted by Crippen LogP contribution is -2.47. The molecule has 3 rings (SSSR count). The van der Waals surface area contributed by atoms with Crippen molar-refractivity contribution in [1.82, 2.24) is 9.80 Å². The Morgan fingerprint density at radius 1 is 1.20 bits per heavy atom. The van der Waals surface area contributed by atoms with E-state index in [2.05, 4.69) is 0 Å². The third-order valence-corrected chi connectivity index (χ3v) is 5.24. The van der Waals surface area contributed by atoms with E-state index in [9.17, 15) is 19.5 Å². The van der Waals surface area contributed by atoms with Gasteiger partial charge < -0.3 is 14.9 Å². The smallest absolute Gasteiger partial charge is 0.308 e. The fraction of sp³-hybridized carbons (Fsp3) is 0.526. The first-order valence-corrected chi connectivity index (χ1v) is 8.86. The molecule has 25 heavy (non-hydrogen) atoms. The first kappa shape index (κ1) is 17.5. The zero-order valence-corrected chi connectivity index (χ0v) is 14.5. The Morgan fingerprint density at radius 2 is 1.92 bits per heavy atom. The molecule has 6 heteroatoms. The number of rotatable bonds is 4. The maximum atomic E-state index is 12.8. The summed E-state index contributed by atoms with van der Waals surface area (Å²) in [4.78, 5) is 39.2. The molecule has 2 atom stereocenters. The van der Waals surface area contributed by atoms with Crippen LogP contribution in [0.1, 0.15) is 48.5 Å². The number of amides is 2. The van der Waals surface area contributed by atoms with Gasteiger partial charge in [-0.15, -0.1) is 0 Å². The Hall–Kier alpha value is -2.37. The molecule has 2 aliphatic heterocycles. The number of likely N-dealkylation sites (tertiary alicyclic amines) is 2. The molecule has 0 aliphatic carbocycles. The Balaban J connectivity index is 1.67. The maximum absolute atomic E-state index is 12.8. The van der Waals surface area contributed by atoms with E-state index >= 15 is 0 Å². The van der Waals surface area contributed by atoms with Crippen molar-refractivity contribution in [3.8, 4) is 0 Å². The minimum atomic E-state index is -0.838. The Bertz CT molecular complexity index is 671. The highest BCUT2D eigenvalue weighted by Crippen LogP contribution is 2.24. The number of carboxylic acid groups (broad SMARTS) is 1. The van der Waals surface area contributed by atoms with Gasteiger partial charge in [0.2, 0.25) is 5.91 Å². The molecule has 0 aromatic heterocycles. The SMILES string of the molecule is CC1CCC(C(=O)O)CN1C(=O)c1ccc(CN2CCCC2=O)cc1. The van der Waals surface area contributed by atoms with Gasteiger partial charge in [-0.2, -0.15) is 0 Å². The fourth-order valence-electron chi connectivity index (χ4n) is 3.60. The third kappa shape index (κ3) is 3.83. The van der Waals surface area contributed by atoms with Gasteiger partial charge in [-0.25, -0.2) is 0 Å². The van der Waals surface area contributed by atoms with Crippen LogP contribution in [0.4, 0.5) is 0 Å². The molecule has 2 aliphatic rings. The topological polar surface area (TPSA) is 77.9 Å². The van der Waals surface area contributed by atoms with Crippen LogP contribution in [0.15, 0.2) is 24.3 Å². The second-order valence-electron chi connectivity index (χ2n) is 7.03. The average molecular weight is 344 g/mol. The van der Waals surface area contributed by atoms with Gasteiger partial charge in [0.25, 0.3) is 5.91 Å². The van der Waals surface area contributed by atoms with Crippen molar-refractivity contribution in [3.63, 3.8) is 0 Å². The van der Waals surface area contributed by atoms with Crippen LogP contribution in [0.2, 0.25) is 0 Å². The van der Waals surface area contributed by atoms with Crippen LogP contribution >= 0.6 is 0 Å². The van der Waals surface area contributed by atoms with Crippen LogP contribution in [-0.2, 0) is 16.1 Å². The number of carbonyl (C=O) groups excluding carboxylic acids is 2. The second-order valence-corrected chi connectivity index (χ2v) is 7.03. The Kier molecular flexibility index (Phi) is 5.06. The largest absolute Gasteiger partial charge is 0.481 e. The van der Waals surface area contributed by atoms with E-state index in [1.54, 1.807) is 17.0 Å². The Labute approximate surface area is 147 Å². The second kappa shape index (κ2) is 7.25. The van der Waals surface area contributed by atoms with Gasteiger partial charge in [0.05, 0.1) is 5.92 Å². The van der Waals surface area contributed by atoms with E-state index in [1.165, 1.54) is 0 Å². The predicted octanol–water partition coefficient (Wildman–Crippen LogP) is 2.13. The van der Waals surface area contributed by atoms with Gasteiger partial charge >= 0.3 is 5.97 Å². The Morgan fingerprint density at radius 3 is 2.52 bits per heavy atom. The van der Waals surface area contributed by atoms with Gasteiger partial charge in [0, 0.05) is 37.7 Å². The molecule has 2 heterocycles. The van der Waals surface area contributed by atoms with Crippen LogP contribution in [0, 0.1) is 5.92 Å². The number of aliphatic carboxylic acids is 1. The number of benzene rings is 1. The normalized spacial score (nSPS) is 23.8. The van der Waals surface area contributed by atoms with E-state index in [1.807, 2.05) is 24.0 Å². The van der Waals surface area contributed by atoms with Gasteiger partial charge in [0.1, 0.15) is 0 Å². The summed E-state index contributed by atoms with van der Waals surface area (Å²) in [5.74, 6) is -1.26. The molecule has 0 radical (unpaired) electrons. The molecule has 0 saturated carbocycles. The zero-order chi connectivity index (χ0) is 18.0. The van der Waals surface area contributed by atoms with Crippen molar-refractivity contribution < 1.29 is 19.5 Å². The molecule has 2 saturated heterocycles. The summed E-state index contributed by atoms with van der Waals surface area (Å²) < 4.78 is 0. The summed E-state index contributed by atoms with van der Waals surface area (Å²) in [6.07, 6.45) is 2.85. The van der Waals surface area contributed by atoms with Gasteiger partial charge in [0.15, 0.2) is 0 Å². The summed E-state index contributed by atoms with van der Waals surface area (Å²) in [5.41, 5.74) is 1.57. The monoisotopic (exact) mass is 344 g/mol. The van der Waals surface area contributed by atoms with Crippen molar-refractivity contribution in [3.05, 3.63) is 35.4 Å². The molecule has 2 unspecified atom stereocenters. The zero-order valence-electron chi connectivity index (χ0n) is 14.5. The minimum Gasteiger partial charge on any atom is -0.481 e. The number of carboxylic acids is 1. The third-order valence-electron chi connectivity index (χ3n) is 5.24. The van der Waals surface area contributed by atoms with Crippen molar-refractivity contribution in [2.75, 3.05) is 13.1 Å². The van der Waals surface area contributed by atoms with E-state index in [4.69, 9.17) is 0 Å². The average Bonchev–Trinajstić information content (AvgIpc) is 3.00. The molecular weight excluding hydrogens is 320 g/mol. The lowest BCUT2D eigenvalue weighted by Gasteiger charge is -2.36. The van der Waals surface area contributed by atoms with Gasteiger partial charge in [-0.05, 0) is 43.9 Å². The highest BCUT2D eigenvalue weighted by Gasteiger charge is 2.33. The fourth-order valence-corrected chi connectivity index (χ4v) is 3.60. The summed E-state index contributed by atoms with van der Waals surface area (Å²) in [6.45, 7) is 3.60. The molecule has 1 aromatic rings. The number of hydrogen-bond donors (Lipinski definition) is 1. The van der Waals surface area contributed by atoms with Crippen molar-refractivity contribution >= 4 is 17.8 Å². The van der Waals surface area contributed by atoms with Crippen LogP contribution in [0.25, 0.3) is 0 Å². The summed E-state index contributed by atoms with van der Waals surface area (Å²) >= 11 is 0. The van der Waals surface area contributed by atoms with Gasteiger partial charge in [-0.1, -0.05) is 12.1 Å². The summed E-state index contributed by atoms with van der Waals surface area (Å²) in [6, 6.07) is 7.35. The van der Waals surface area contributed by atoms with Gasteiger partial charge in [-0.3, -0.25) is 14.4 Å². The number of carbonyl (C=O) groups is 3. The molecule has 1 aromatic carbocycles. The number of nitrogens with zero attached hydrogens (tertiary/aromatic N) is 2. The lowest BCUT2D eigenvalue weighted by atomic mass is 9.93. The van der Waals surface area contributed by atoms with Crippen molar-refractivity contribution in [2.24, 2.45) is 5.92 Å². The summed E-state index contributed by atoms with van der Waals surface area (Å²) in [5, 5.41) is 9.22. The lowest BCUT2D eigenvalue weighted by molar-refractivity contribution is -0.143. The molecule has 134 valence electrons. The maximum Gasteiger partial charge on any atom is 0.308 e. The molecule has 6 nitrogen and oxygen atoms in total.